The number of hydrogen-bond acceptors (Lipinski definition) is 2. The number of anilines is 1. The summed E-state index contributed by atoms with van der Waals surface area (Å²) in [5, 5.41) is 2.95. The molecule has 4 heteroatoms. The molecule has 0 radical (unpaired) electrons. The first-order chi connectivity index (χ1) is 14.0. The maximum absolute atomic E-state index is 13.0. The molecule has 0 bridgehead atoms. The zero-order valence-electron chi connectivity index (χ0n) is 16.7. The van der Waals surface area contributed by atoms with Crippen LogP contribution in [0.2, 0.25) is 0 Å². The Morgan fingerprint density at radius 3 is 2.41 bits per heavy atom. The summed E-state index contributed by atoms with van der Waals surface area (Å²) in [6.45, 7) is 5.28. The summed E-state index contributed by atoms with van der Waals surface area (Å²) in [7, 11) is 0. The van der Waals surface area contributed by atoms with Gasteiger partial charge in [-0.25, -0.2) is 0 Å². The van der Waals surface area contributed by atoms with Gasteiger partial charge < -0.3 is 10.2 Å². The number of benzene rings is 3. The molecule has 0 fully saturated rings. The number of aryl methyl sites for hydroxylation is 2. The molecule has 0 aliphatic carbocycles. The lowest BCUT2D eigenvalue weighted by Crippen LogP contribution is -2.36. The number of hydrogen-bond donors (Lipinski definition) is 1. The third-order valence-corrected chi connectivity index (χ3v) is 5.42. The Balaban J connectivity index is 1.51. The average molecular weight is 384 g/mol. The predicted molar refractivity (Wildman–Crippen MR) is 115 cm³/mol. The third kappa shape index (κ3) is 4.06. The predicted octanol–water partition coefficient (Wildman–Crippen LogP) is 4.75. The van der Waals surface area contributed by atoms with Gasteiger partial charge in [0.05, 0.1) is 0 Å². The molecule has 1 aliphatic rings. The Bertz CT molecular complexity index is 1090. The van der Waals surface area contributed by atoms with Gasteiger partial charge in [-0.2, -0.15) is 0 Å². The van der Waals surface area contributed by atoms with Crippen molar-refractivity contribution in [2.45, 2.75) is 26.8 Å². The van der Waals surface area contributed by atoms with E-state index in [1.807, 2.05) is 49.1 Å². The van der Waals surface area contributed by atoms with Crippen molar-refractivity contribution in [3.63, 3.8) is 0 Å². The van der Waals surface area contributed by atoms with Crippen LogP contribution in [0.3, 0.4) is 0 Å². The molecule has 0 saturated heterocycles. The van der Waals surface area contributed by atoms with E-state index in [9.17, 15) is 9.59 Å². The molecule has 2 amide bonds. The van der Waals surface area contributed by atoms with Crippen molar-refractivity contribution in [2.24, 2.45) is 0 Å². The second-order valence-electron chi connectivity index (χ2n) is 7.60. The molecule has 0 saturated carbocycles. The molecule has 29 heavy (non-hydrogen) atoms. The summed E-state index contributed by atoms with van der Waals surface area (Å²) < 4.78 is 0. The molecular formula is C25H24N2O2. The number of nitrogens with zero attached hydrogens (tertiary/aromatic N) is 1. The van der Waals surface area contributed by atoms with Gasteiger partial charge in [0.1, 0.15) is 0 Å². The van der Waals surface area contributed by atoms with Crippen molar-refractivity contribution in [2.75, 3.05) is 11.9 Å². The summed E-state index contributed by atoms with van der Waals surface area (Å²) in [6, 6.07) is 21.1. The van der Waals surface area contributed by atoms with E-state index < -0.39 is 0 Å². The molecule has 1 heterocycles. The Kier molecular flexibility index (Phi) is 5.17. The fourth-order valence-corrected chi connectivity index (χ4v) is 3.79. The minimum absolute atomic E-state index is 0.0410. The Labute approximate surface area is 171 Å². The molecular weight excluding hydrogens is 360 g/mol. The highest BCUT2D eigenvalue weighted by Crippen LogP contribution is 2.21. The largest absolute Gasteiger partial charge is 0.334 e. The molecule has 4 nitrogen and oxygen atoms in total. The van der Waals surface area contributed by atoms with E-state index in [1.165, 1.54) is 11.1 Å². The highest BCUT2D eigenvalue weighted by molar-refractivity contribution is 6.06. The highest BCUT2D eigenvalue weighted by Gasteiger charge is 2.22. The Morgan fingerprint density at radius 2 is 1.62 bits per heavy atom. The highest BCUT2D eigenvalue weighted by atomic mass is 16.2. The summed E-state index contributed by atoms with van der Waals surface area (Å²) >= 11 is 0. The van der Waals surface area contributed by atoms with Gasteiger partial charge in [-0.3, -0.25) is 9.59 Å². The number of carbonyl (C=O) groups is 2. The molecule has 0 atom stereocenters. The van der Waals surface area contributed by atoms with E-state index in [2.05, 4.69) is 17.4 Å². The Morgan fingerprint density at radius 1 is 0.862 bits per heavy atom. The SMILES string of the molecule is Cc1ccc(NC(=O)c2cccc(C(=O)N3CCc4ccccc4C3)c2)c(C)c1. The van der Waals surface area contributed by atoms with Gasteiger partial charge in [0, 0.05) is 29.9 Å². The monoisotopic (exact) mass is 384 g/mol. The van der Waals surface area contributed by atoms with Crippen molar-refractivity contribution in [1.82, 2.24) is 4.90 Å². The molecule has 146 valence electrons. The topological polar surface area (TPSA) is 49.4 Å². The number of carbonyl (C=O) groups excluding carboxylic acids is 2. The van der Waals surface area contributed by atoms with E-state index in [4.69, 9.17) is 0 Å². The van der Waals surface area contributed by atoms with Crippen molar-refractivity contribution in [3.8, 4) is 0 Å². The molecule has 0 aromatic heterocycles. The van der Waals surface area contributed by atoms with E-state index in [0.29, 0.717) is 24.2 Å². The maximum atomic E-state index is 13.0. The van der Waals surface area contributed by atoms with E-state index >= 15 is 0 Å². The van der Waals surface area contributed by atoms with Gasteiger partial charge in [0.15, 0.2) is 0 Å². The smallest absolute Gasteiger partial charge is 0.255 e. The summed E-state index contributed by atoms with van der Waals surface area (Å²) in [5.74, 6) is -0.253. The standard InChI is InChI=1S/C25H24N2O2/c1-17-10-11-23(18(2)14-17)26-24(28)20-8-5-9-21(15-20)25(29)27-13-12-19-6-3-4-7-22(19)16-27/h3-11,14-15H,12-13,16H2,1-2H3,(H,26,28). The molecule has 1 N–H and O–H groups in total. The fourth-order valence-electron chi connectivity index (χ4n) is 3.79. The van der Waals surface area contributed by atoms with Crippen LogP contribution in [-0.4, -0.2) is 23.3 Å². The zero-order valence-corrected chi connectivity index (χ0v) is 16.7. The lowest BCUT2D eigenvalue weighted by atomic mass is 9.99. The lowest BCUT2D eigenvalue weighted by molar-refractivity contribution is 0.0734. The van der Waals surface area contributed by atoms with Crippen LogP contribution in [0.25, 0.3) is 0 Å². The fraction of sp³-hybridized carbons (Fsp3) is 0.200. The summed E-state index contributed by atoms with van der Waals surface area (Å²) in [4.78, 5) is 27.6. The molecule has 1 aliphatic heterocycles. The first-order valence-electron chi connectivity index (χ1n) is 9.86. The van der Waals surface area contributed by atoms with Crippen LogP contribution < -0.4 is 5.32 Å². The summed E-state index contributed by atoms with van der Waals surface area (Å²) in [6.07, 6.45) is 0.856. The Hall–Kier alpha value is -3.40. The van der Waals surface area contributed by atoms with Gasteiger partial charge in [-0.15, -0.1) is 0 Å². The first-order valence-corrected chi connectivity index (χ1v) is 9.86. The lowest BCUT2D eigenvalue weighted by Gasteiger charge is -2.29. The first kappa shape index (κ1) is 18.9. The zero-order chi connectivity index (χ0) is 20.4. The van der Waals surface area contributed by atoms with Crippen LogP contribution in [0.1, 0.15) is 43.0 Å². The van der Waals surface area contributed by atoms with E-state index in [1.54, 1.807) is 24.3 Å². The van der Waals surface area contributed by atoms with Crippen LogP contribution in [-0.2, 0) is 13.0 Å². The van der Waals surface area contributed by atoms with Crippen LogP contribution in [0.15, 0.2) is 66.7 Å². The quantitative estimate of drug-likeness (QED) is 0.708. The van der Waals surface area contributed by atoms with Gasteiger partial charge in [0.2, 0.25) is 0 Å². The number of fused-ring (bicyclic) bond motifs is 1. The molecule has 3 aromatic carbocycles. The van der Waals surface area contributed by atoms with Crippen molar-refractivity contribution < 1.29 is 9.59 Å². The third-order valence-electron chi connectivity index (χ3n) is 5.42. The van der Waals surface area contributed by atoms with Crippen LogP contribution in [0, 0.1) is 13.8 Å². The van der Waals surface area contributed by atoms with E-state index in [-0.39, 0.29) is 11.8 Å². The van der Waals surface area contributed by atoms with Gasteiger partial charge in [-0.05, 0) is 61.2 Å². The summed E-state index contributed by atoms with van der Waals surface area (Å²) in [5.41, 5.74) is 6.46. The second kappa shape index (κ2) is 7.92. The van der Waals surface area contributed by atoms with Crippen LogP contribution >= 0.6 is 0 Å². The number of rotatable bonds is 3. The van der Waals surface area contributed by atoms with E-state index in [0.717, 1.165) is 23.2 Å². The van der Waals surface area contributed by atoms with Crippen LogP contribution in [0.5, 0.6) is 0 Å². The number of amides is 2. The minimum Gasteiger partial charge on any atom is -0.334 e. The molecule has 0 unspecified atom stereocenters. The second-order valence-corrected chi connectivity index (χ2v) is 7.60. The van der Waals surface area contributed by atoms with Gasteiger partial charge in [0.25, 0.3) is 11.8 Å². The average Bonchev–Trinajstić information content (AvgIpc) is 2.75. The maximum Gasteiger partial charge on any atom is 0.255 e. The molecule has 4 rings (SSSR count). The van der Waals surface area contributed by atoms with Crippen molar-refractivity contribution in [3.05, 3.63) is 100 Å². The minimum atomic E-state index is -0.212. The normalized spacial score (nSPS) is 13.0. The van der Waals surface area contributed by atoms with Gasteiger partial charge in [-0.1, -0.05) is 48.0 Å². The molecule has 3 aromatic rings. The molecule has 0 spiro atoms. The number of nitrogens with one attached hydrogen (secondary N) is 1. The van der Waals surface area contributed by atoms with Crippen molar-refractivity contribution in [1.29, 1.82) is 0 Å². The van der Waals surface area contributed by atoms with Crippen molar-refractivity contribution >= 4 is 17.5 Å². The van der Waals surface area contributed by atoms with Crippen LogP contribution in [0.4, 0.5) is 5.69 Å². The van der Waals surface area contributed by atoms with Gasteiger partial charge >= 0.3 is 0 Å².